The molecule has 2 aromatic rings. The van der Waals surface area contributed by atoms with E-state index in [2.05, 4.69) is 4.74 Å². The third-order valence-corrected chi connectivity index (χ3v) is 2.17. The van der Waals surface area contributed by atoms with Crippen molar-refractivity contribution < 1.29 is 13.9 Å². The van der Waals surface area contributed by atoms with E-state index in [1.807, 2.05) is 0 Å². The van der Waals surface area contributed by atoms with Gasteiger partial charge in [-0.2, -0.15) is 0 Å². The summed E-state index contributed by atoms with van der Waals surface area (Å²) in [6, 6.07) is 6.88. The summed E-state index contributed by atoms with van der Waals surface area (Å²) >= 11 is 0. The van der Waals surface area contributed by atoms with Gasteiger partial charge in [-0.15, -0.1) is 0 Å². The third-order valence-electron chi connectivity index (χ3n) is 2.17. The Bertz CT molecular complexity index is 569. The molecule has 2 rings (SSSR count). The van der Waals surface area contributed by atoms with Crippen LogP contribution in [0.25, 0.3) is 11.0 Å². The monoisotopic (exact) mass is 234 g/mol. The Morgan fingerprint density at radius 3 is 2.41 bits per heavy atom. The first-order valence-corrected chi connectivity index (χ1v) is 5.03. The van der Waals surface area contributed by atoms with Gasteiger partial charge in [0.15, 0.2) is 17.5 Å². The number of para-hydroxylation sites is 1. The van der Waals surface area contributed by atoms with Crippen molar-refractivity contribution in [2.45, 2.75) is 6.92 Å². The molecule has 1 aromatic carbocycles. The molecule has 0 unspecified atom stereocenters. The highest BCUT2D eigenvalue weighted by atomic mass is 16.4. The smallest absolute Gasteiger partial charge is 0.196 e. The molecular weight excluding hydrogens is 220 g/mol. The van der Waals surface area contributed by atoms with Crippen molar-refractivity contribution in [1.29, 1.82) is 0 Å². The summed E-state index contributed by atoms with van der Waals surface area (Å²) in [6.45, 7) is 1.59. The normalized spacial score (nSPS) is 9.59. The molecule has 4 heteroatoms. The van der Waals surface area contributed by atoms with Crippen LogP contribution in [-0.2, 0) is 4.74 Å². The molecule has 0 aliphatic rings. The number of hydrogen-bond donors (Lipinski definition) is 0. The van der Waals surface area contributed by atoms with Crippen molar-refractivity contribution in [2.75, 3.05) is 14.2 Å². The van der Waals surface area contributed by atoms with Gasteiger partial charge >= 0.3 is 0 Å². The lowest BCUT2D eigenvalue weighted by molar-refractivity contribution is 0.110. The first-order valence-electron chi connectivity index (χ1n) is 5.03. The molecule has 0 fully saturated rings. The number of methoxy groups -OCH3 is 1. The summed E-state index contributed by atoms with van der Waals surface area (Å²) in [5.41, 5.74) is 0.665. The SMILES string of the molecule is COC.Cc1c(C=O)oc2ccccc2c1=O. The number of carbonyl (C=O) groups is 1. The number of rotatable bonds is 1. The fourth-order valence-electron chi connectivity index (χ4n) is 1.36. The molecule has 0 saturated carbocycles. The van der Waals surface area contributed by atoms with Gasteiger partial charge in [-0.3, -0.25) is 9.59 Å². The summed E-state index contributed by atoms with van der Waals surface area (Å²) in [6.07, 6.45) is 0.559. The van der Waals surface area contributed by atoms with Crippen LogP contribution >= 0.6 is 0 Å². The highest BCUT2D eigenvalue weighted by molar-refractivity contribution is 5.82. The number of hydrogen-bond acceptors (Lipinski definition) is 4. The maximum atomic E-state index is 11.7. The molecule has 90 valence electrons. The molecule has 0 aliphatic carbocycles. The maximum Gasteiger partial charge on any atom is 0.196 e. The molecule has 0 atom stereocenters. The molecule has 0 amide bonds. The second-order valence-corrected chi connectivity index (χ2v) is 3.44. The Labute approximate surface area is 98.8 Å². The lowest BCUT2D eigenvalue weighted by atomic mass is 10.1. The maximum absolute atomic E-state index is 11.7. The van der Waals surface area contributed by atoms with E-state index in [1.165, 1.54) is 0 Å². The quantitative estimate of drug-likeness (QED) is 0.709. The molecule has 0 saturated heterocycles. The van der Waals surface area contributed by atoms with E-state index < -0.39 is 0 Å². The van der Waals surface area contributed by atoms with Gasteiger partial charge in [0.2, 0.25) is 0 Å². The van der Waals surface area contributed by atoms with Crippen molar-refractivity contribution in [1.82, 2.24) is 0 Å². The number of ether oxygens (including phenoxy) is 1. The molecule has 0 radical (unpaired) electrons. The Balaban J connectivity index is 0.000000437. The fourth-order valence-corrected chi connectivity index (χ4v) is 1.36. The van der Waals surface area contributed by atoms with Crippen LogP contribution in [0.15, 0.2) is 33.5 Å². The van der Waals surface area contributed by atoms with Crippen molar-refractivity contribution >= 4 is 17.3 Å². The molecule has 1 heterocycles. The van der Waals surface area contributed by atoms with Crippen LogP contribution in [-0.4, -0.2) is 20.5 Å². The summed E-state index contributed by atoms with van der Waals surface area (Å²) in [4.78, 5) is 22.3. The van der Waals surface area contributed by atoms with Crippen LogP contribution in [0.1, 0.15) is 16.1 Å². The molecular formula is C13H14O4. The van der Waals surface area contributed by atoms with Crippen LogP contribution in [0.5, 0.6) is 0 Å². The average Bonchev–Trinajstić information content (AvgIpc) is 2.35. The predicted octanol–water partition coefficient (Wildman–Crippen LogP) is 2.18. The van der Waals surface area contributed by atoms with Gasteiger partial charge in [-0.05, 0) is 19.1 Å². The number of benzene rings is 1. The van der Waals surface area contributed by atoms with Gasteiger partial charge in [0.1, 0.15) is 5.58 Å². The van der Waals surface area contributed by atoms with Gasteiger partial charge in [-0.25, -0.2) is 0 Å². The van der Waals surface area contributed by atoms with E-state index in [4.69, 9.17) is 4.42 Å². The zero-order valence-corrected chi connectivity index (χ0v) is 10.0. The van der Waals surface area contributed by atoms with Gasteiger partial charge < -0.3 is 9.15 Å². The average molecular weight is 234 g/mol. The highest BCUT2D eigenvalue weighted by Crippen LogP contribution is 2.13. The van der Waals surface area contributed by atoms with Crippen LogP contribution in [0.4, 0.5) is 0 Å². The first kappa shape index (κ1) is 13.1. The standard InChI is InChI=1S/C11H8O3.C2H6O/c1-7-10(6-12)14-9-5-3-2-4-8(9)11(7)13;1-3-2/h2-6H,1H3;1-2H3. The van der Waals surface area contributed by atoms with Gasteiger partial charge in [0.25, 0.3) is 0 Å². The van der Waals surface area contributed by atoms with E-state index in [-0.39, 0.29) is 11.2 Å². The van der Waals surface area contributed by atoms with Crippen molar-refractivity contribution in [3.8, 4) is 0 Å². The van der Waals surface area contributed by atoms with Crippen LogP contribution < -0.4 is 5.43 Å². The molecule has 1 aromatic heterocycles. The van der Waals surface area contributed by atoms with Crippen LogP contribution in [0, 0.1) is 6.92 Å². The Hall–Kier alpha value is -1.94. The van der Waals surface area contributed by atoms with Crippen molar-refractivity contribution in [2.24, 2.45) is 0 Å². The Kier molecular flexibility index (Phi) is 4.60. The van der Waals surface area contributed by atoms with Crippen molar-refractivity contribution in [3.05, 3.63) is 45.8 Å². The fraction of sp³-hybridized carbons (Fsp3) is 0.231. The van der Waals surface area contributed by atoms with Crippen molar-refractivity contribution in [3.63, 3.8) is 0 Å². The molecule has 4 nitrogen and oxygen atoms in total. The molecule has 0 aliphatic heterocycles. The lowest BCUT2D eigenvalue weighted by Gasteiger charge is -2.00. The number of carbonyl (C=O) groups excluding carboxylic acids is 1. The van der Waals surface area contributed by atoms with E-state index in [1.54, 1.807) is 45.4 Å². The largest absolute Gasteiger partial charge is 0.453 e. The number of fused-ring (bicyclic) bond motifs is 1. The van der Waals surface area contributed by atoms with E-state index in [0.717, 1.165) is 0 Å². The minimum Gasteiger partial charge on any atom is -0.453 e. The van der Waals surface area contributed by atoms with Gasteiger partial charge in [-0.1, -0.05) is 12.1 Å². The highest BCUT2D eigenvalue weighted by Gasteiger charge is 2.08. The summed E-state index contributed by atoms with van der Waals surface area (Å²) < 4.78 is 9.50. The second-order valence-electron chi connectivity index (χ2n) is 3.44. The van der Waals surface area contributed by atoms with E-state index >= 15 is 0 Å². The molecule has 17 heavy (non-hydrogen) atoms. The van der Waals surface area contributed by atoms with E-state index in [9.17, 15) is 9.59 Å². The second kappa shape index (κ2) is 5.96. The zero-order valence-electron chi connectivity index (χ0n) is 10.0. The molecule has 0 N–H and O–H groups in total. The van der Waals surface area contributed by atoms with E-state index in [0.29, 0.717) is 22.8 Å². The molecule has 0 spiro atoms. The Morgan fingerprint density at radius 1 is 1.24 bits per heavy atom. The van der Waals surface area contributed by atoms with Crippen LogP contribution in [0.2, 0.25) is 0 Å². The zero-order chi connectivity index (χ0) is 12.8. The third kappa shape index (κ3) is 2.79. The predicted molar refractivity (Wildman–Crippen MR) is 65.5 cm³/mol. The first-order chi connectivity index (χ1) is 8.15. The minimum atomic E-state index is -0.144. The van der Waals surface area contributed by atoms with Gasteiger partial charge in [0.05, 0.1) is 5.39 Å². The van der Waals surface area contributed by atoms with Gasteiger partial charge in [0, 0.05) is 19.8 Å². The summed E-state index contributed by atoms with van der Waals surface area (Å²) in [5, 5.41) is 0.510. The Morgan fingerprint density at radius 2 is 1.82 bits per heavy atom. The minimum absolute atomic E-state index is 0.105. The summed E-state index contributed by atoms with van der Waals surface area (Å²) in [5.74, 6) is 0.105. The number of aldehydes is 1. The topological polar surface area (TPSA) is 56.5 Å². The molecule has 0 bridgehead atoms. The summed E-state index contributed by atoms with van der Waals surface area (Å²) in [7, 11) is 3.25. The lowest BCUT2D eigenvalue weighted by Crippen LogP contribution is -2.08. The van der Waals surface area contributed by atoms with Crippen LogP contribution in [0.3, 0.4) is 0 Å².